The van der Waals surface area contributed by atoms with Crippen LogP contribution in [0.1, 0.15) is 31.2 Å². The van der Waals surface area contributed by atoms with Gasteiger partial charge < -0.3 is 9.53 Å². The standard InChI is InChI=1S/C16H17BrO4/c1-2-21-16(20)8-12-13(9-18)11(7-15(12)19)10-5-3-4-6-14(10)17/h3-6,9,11-13H,2,7-8H2,1H3/t11-,12+,13-/m1/s1. The number of carbonyl (C=O) groups excluding carboxylic acids is 3. The van der Waals surface area contributed by atoms with Gasteiger partial charge in [-0.1, -0.05) is 34.1 Å². The Hall–Kier alpha value is -1.49. The van der Waals surface area contributed by atoms with Crippen LogP contribution in [0.5, 0.6) is 0 Å². The molecule has 0 spiro atoms. The summed E-state index contributed by atoms with van der Waals surface area (Å²) in [7, 11) is 0. The Morgan fingerprint density at radius 3 is 2.76 bits per heavy atom. The second-order valence-corrected chi connectivity index (χ2v) is 5.98. The zero-order valence-corrected chi connectivity index (χ0v) is 13.3. The molecule has 0 amide bonds. The molecule has 1 fully saturated rings. The van der Waals surface area contributed by atoms with Gasteiger partial charge in [-0.15, -0.1) is 0 Å². The van der Waals surface area contributed by atoms with Gasteiger partial charge in [0.05, 0.1) is 13.0 Å². The van der Waals surface area contributed by atoms with Crippen molar-refractivity contribution in [1.29, 1.82) is 0 Å². The van der Waals surface area contributed by atoms with Crippen LogP contribution in [0, 0.1) is 11.8 Å². The van der Waals surface area contributed by atoms with Crippen molar-refractivity contribution in [1.82, 2.24) is 0 Å². The number of ketones is 1. The molecule has 1 saturated carbocycles. The van der Waals surface area contributed by atoms with E-state index in [1.165, 1.54) is 0 Å². The average Bonchev–Trinajstić information content (AvgIpc) is 2.76. The summed E-state index contributed by atoms with van der Waals surface area (Å²) >= 11 is 3.46. The Morgan fingerprint density at radius 2 is 2.14 bits per heavy atom. The number of benzene rings is 1. The van der Waals surface area contributed by atoms with Gasteiger partial charge in [-0.05, 0) is 18.6 Å². The first-order valence-electron chi connectivity index (χ1n) is 6.96. The molecule has 0 aromatic heterocycles. The van der Waals surface area contributed by atoms with Gasteiger partial charge in [0.2, 0.25) is 0 Å². The largest absolute Gasteiger partial charge is 0.466 e. The second-order valence-electron chi connectivity index (χ2n) is 5.13. The molecule has 1 aliphatic carbocycles. The molecule has 4 nitrogen and oxygen atoms in total. The first-order valence-corrected chi connectivity index (χ1v) is 7.75. The third-order valence-corrected chi connectivity index (χ3v) is 4.64. The lowest BCUT2D eigenvalue weighted by molar-refractivity contribution is -0.146. The molecular formula is C16H17BrO4. The third kappa shape index (κ3) is 3.40. The summed E-state index contributed by atoms with van der Waals surface area (Å²) in [5.74, 6) is -1.68. The van der Waals surface area contributed by atoms with Crippen molar-refractivity contribution in [2.45, 2.75) is 25.7 Å². The number of Topliss-reactive ketones (excluding diaryl/α,β-unsaturated/α-hetero) is 1. The lowest BCUT2D eigenvalue weighted by atomic mass is 9.84. The molecule has 1 aromatic rings. The summed E-state index contributed by atoms with van der Waals surface area (Å²) in [6, 6.07) is 7.56. The van der Waals surface area contributed by atoms with Crippen molar-refractivity contribution in [2.24, 2.45) is 11.8 Å². The minimum atomic E-state index is -0.571. The molecule has 1 aliphatic rings. The molecule has 0 N–H and O–H groups in total. The van der Waals surface area contributed by atoms with E-state index in [-0.39, 0.29) is 31.1 Å². The Morgan fingerprint density at radius 1 is 1.43 bits per heavy atom. The Balaban J connectivity index is 2.23. The van der Waals surface area contributed by atoms with E-state index in [0.29, 0.717) is 0 Å². The minimum Gasteiger partial charge on any atom is -0.466 e. The van der Waals surface area contributed by atoms with E-state index in [2.05, 4.69) is 15.9 Å². The van der Waals surface area contributed by atoms with Gasteiger partial charge in [0.25, 0.3) is 0 Å². The first-order chi connectivity index (χ1) is 10.1. The van der Waals surface area contributed by atoms with Crippen LogP contribution in [0.3, 0.4) is 0 Å². The molecule has 0 heterocycles. The molecule has 1 aromatic carbocycles. The fourth-order valence-corrected chi connectivity index (χ4v) is 3.51. The van der Waals surface area contributed by atoms with Gasteiger partial charge in [-0.3, -0.25) is 9.59 Å². The SMILES string of the molecule is CCOC(=O)C[C@@H]1C(=O)C[C@H](c2ccccc2Br)[C@H]1C=O. The van der Waals surface area contributed by atoms with Crippen molar-refractivity contribution in [3.63, 3.8) is 0 Å². The van der Waals surface area contributed by atoms with Gasteiger partial charge in [0, 0.05) is 28.6 Å². The second kappa shape index (κ2) is 6.98. The molecule has 0 aliphatic heterocycles. The fourth-order valence-electron chi connectivity index (χ4n) is 2.93. The van der Waals surface area contributed by atoms with E-state index >= 15 is 0 Å². The molecule has 0 radical (unpaired) electrons. The fraction of sp³-hybridized carbons (Fsp3) is 0.438. The van der Waals surface area contributed by atoms with Crippen molar-refractivity contribution >= 4 is 34.0 Å². The zero-order chi connectivity index (χ0) is 15.4. The number of hydrogen-bond donors (Lipinski definition) is 0. The normalized spacial score (nSPS) is 24.9. The zero-order valence-electron chi connectivity index (χ0n) is 11.8. The number of rotatable bonds is 5. The Labute approximate surface area is 132 Å². The summed E-state index contributed by atoms with van der Waals surface area (Å²) < 4.78 is 5.77. The van der Waals surface area contributed by atoms with Gasteiger partial charge in [-0.25, -0.2) is 0 Å². The van der Waals surface area contributed by atoms with Gasteiger partial charge in [0.15, 0.2) is 0 Å². The maximum atomic E-state index is 12.2. The van der Waals surface area contributed by atoms with E-state index in [4.69, 9.17) is 4.74 Å². The van der Waals surface area contributed by atoms with Crippen LogP contribution >= 0.6 is 15.9 Å². The van der Waals surface area contributed by atoms with E-state index in [1.54, 1.807) is 6.92 Å². The molecule has 5 heteroatoms. The smallest absolute Gasteiger partial charge is 0.306 e. The minimum absolute atomic E-state index is 0.0168. The summed E-state index contributed by atoms with van der Waals surface area (Å²) in [5.41, 5.74) is 0.939. The van der Waals surface area contributed by atoms with Gasteiger partial charge in [-0.2, -0.15) is 0 Å². The van der Waals surface area contributed by atoms with Crippen molar-refractivity contribution in [2.75, 3.05) is 6.61 Å². The summed E-state index contributed by atoms with van der Waals surface area (Å²) in [6.07, 6.45) is 1.08. The highest BCUT2D eigenvalue weighted by atomic mass is 79.9. The molecule has 2 rings (SSSR count). The van der Waals surface area contributed by atoms with Gasteiger partial charge in [0.1, 0.15) is 12.1 Å². The highest BCUT2D eigenvalue weighted by Gasteiger charge is 2.44. The Kier molecular flexibility index (Phi) is 5.28. The van der Waals surface area contributed by atoms with Crippen molar-refractivity contribution in [3.05, 3.63) is 34.3 Å². The topological polar surface area (TPSA) is 60.4 Å². The molecule has 112 valence electrons. The highest BCUT2D eigenvalue weighted by Crippen LogP contribution is 2.44. The number of aldehydes is 1. The molecule has 0 bridgehead atoms. The van der Waals surface area contributed by atoms with Crippen LogP contribution in [0.2, 0.25) is 0 Å². The number of esters is 1. The number of carbonyl (C=O) groups is 3. The monoisotopic (exact) mass is 352 g/mol. The van der Waals surface area contributed by atoms with Crippen LogP contribution in [0.25, 0.3) is 0 Å². The lowest BCUT2D eigenvalue weighted by Gasteiger charge is -2.19. The third-order valence-electron chi connectivity index (χ3n) is 3.92. The van der Waals surface area contributed by atoms with Crippen LogP contribution in [0.4, 0.5) is 0 Å². The Bertz CT molecular complexity index is 555. The van der Waals surface area contributed by atoms with Crippen molar-refractivity contribution < 1.29 is 19.1 Å². The van der Waals surface area contributed by atoms with Crippen molar-refractivity contribution in [3.8, 4) is 0 Å². The number of ether oxygens (including phenoxy) is 1. The summed E-state index contributed by atoms with van der Waals surface area (Å²) in [6.45, 7) is 1.99. The average molecular weight is 353 g/mol. The molecule has 3 atom stereocenters. The predicted molar refractivity (Wildman–Crippen MR) is 80.8 cm³/mol. The van der Waals surface area contributed by atoms with E-state index < -0.39 is 17.8 Å². The molecular weight excluding hydrogens is 336 g/mol. The van der Waals surface area contributed by atoms with Crippen LogP contribution in [-0.2, 0) is 19.1 Å². The maximum Gasteiger partial charge on any atom is 0.306 e. The van der Waals surface area contributed by atoms with Crippen LogP contribution in [0.15, 0.2) is 28.7 Å². The van der Waals surface area contributed by atoms with Crippen LogP contribution in [-0.4, -0.2) is 24.6 Å². The van der Waals surface area contributed by atoms with Gasteiger partial charge >= 0.3 is 5.97 Å². The lowest BCUT2D eigenvalue weighted by Crippen LogP contribution is -2.23. The first kappa shape index (κ1) is 15.9. The van der Waals surface area contributed by atoms with Crippen LogP contribution < -0.4 is 0 Å². The van der Waals surface area contributed by atoms with E-state index in [9.17, 15) is 14.4 Å². The maximum absolute atomic E-state index is 12.2. The molecule has 0 unspecified atom stereocenters. The number of hydrogen-bond acceptors (Lipinski definition) is 4. The molecule has 21 heavy (non-hydrogen) atoms. The predicted octanol–water partition coefficient (Wildman–Crippen LogP) is 2.89. The quantitative estimate of drug-likeness (QED) is 0.603. The summed E-state index contributed by atoms with van der Waals surface area (Å²) in [4.78, 5) is 35.3. The summed E-state index contributed by atoms with van der Waals surface area (Å²) in [5, 5.41) is 0. The molecule has 0 saturated heterocycles. The number of halogens is 1. The van der Waals surface area contributed by atoms with E-state index in [1.807, 2.05) is 24.3 Å². The van der Waals surface area contributed by atoms with E-state index in [0.717, 1.165) is 16.3 Å². The highest BCUT2D eigenvalue weighted by molar-refractivity contribution is 9.10.